The molecule has 1 N–H and O–H groups in total. The van der Waals surface area contributed by atoms with Gasteiger partial charge in [0.15, 0.2) is 0 Å². The van der Waals surface area contributed by atoms with Gasteiger partial charge < -0.3 is 10.1 Å². The van der Waals surface area contributed by atoms with Gasteiger partial charge in [-0.1, -0.05) is 0 Å². The lowest BCUT2D eigenvalue weighted by molar-refractivity contribution is 0.0357. The van der Waals surface area contributed by atoms with Crippen molar-refractivity contribution in [2.75, 3.05) is 0 Å². The molecular weight excluding hydrogens is 268 g/mol. The Morgan fingerprint density at radius 2 is 2.15 bits per heavy atom. The first-order chi connectivity index (χ1) is 9.22. The summed E-state index contributed by atoms with van der Waals surface area (Å²) in [6.07, 6.45) is 2.93. The third kappa shape index (κ3) is 3.08. The number of nitrogens with one attached hydrogen (secondary N) is 1. The third-order valence-electron chi connectivity index (χ3n) is 3.25. The predicted octanol–water partition coefficient (Wildman–Crippen LogP) is 3.18. The first-order valence-electron chi connectivity index (χ1n) is 6.57. The van der Waals surface area contributed by atoms with Gasteiger partial charge in [-0.05, 0) is 46.1 Å². The summed E-state index contributed by atoms with van der Waals surface area (Å²) < 4.78 is 30.9. The molecule has 0 atom stereocenters. The van der Waals surface area contributed by atoms with Crippen molar-refractivity contribution in [1.82, 2.24) is 15.1 Å². The standard InChI is InChI=1S/C13H19F2N3O2/c1-12(2,3)20-11(19)16-13(6-4-7-13)9-5-8-18(17-9)10(14)15/h5,8,10H,4,6-7H2,1-3H3,(H,16,19). The Morgan fingerprint density at radius 3 is 2.55 bits per heavy atom. The van der Waals surface area contributed by atoms with E-state index in [1.54, 1.807) is 20.8 Å². The summed E-state index contributed by atoms with van der Waals surface area (Å²) in [6.45, 7) is 2.63. The van der Waals surface area contributed by atoms with Crippen molar-refractivity contribution in [3.05, 3.63) is 18.0 Å². The Hall–Kier alpha value is -1.66. The van der Waals surface area contributed by atoms with E-state index >= 15 is 0 Å². The lowest BCUT2D eigenvalue weighted by Crippen LogP contribution is -2.52. The molecule has 2 rings (SSSR count). The zero-order valence-electron chi connectivity index (χ0n) is 11.8. The number of rotatable bonds is 3. The van der Waals surface area contributed by atoms with E-state index in [4.69, 9.17) is 4.74 Å². The molecule has 0 radical (unpaired) electrons. The molecule has 1 aromatic heterocycles. The minimum absolute atomic E-state index is 0.454. The largest absolute Gasteiger partial charge is 0.444 e. The van der Waals surface area contributed by atoms with E-state index in [0.717, 1.165) is 6.42 Å². The van der Waals surface area contributed by atoms with E-state index in [1.165, 1.54) is 12.3 Å². The second-order valence-corrected chi connectivity index (χ2v) is 6.02. The average Bonchev–Trinajstić information content (AvgIpc) is 2.70. The Balaban J connectivity index is 2.11. The number of halogens is 2. The van der Waals surface area contributed by atoms with Crippen molar-refractivity contribution >= 4 is 6.09 Å². The van der Waals surface area contributed by atoms with Crippen molar-refractivity contribution in [2.24, 2.45) is 0 Å². The van der Waals surface area contributed by atoms with Gasteiger partial charge in [0.1, 0.15) is 5.60 Å². The van der Waals surface area contributed by atoms with Gasteiger partial charge in [-0.15, -0.1) is 0 Å². The topological polar surface area (TPSA) is 56.1 Å². The number of carbonyl (C=O) groups is 1. The van der Waals surface area contributed by atoms with Crippen LogP contribution in [0.2, 0.25) is 0 Å². The fourth-order valence-corrected chi connectivity index (χ4v) is 2.18. The van der Waals surface area contributed by atoms with Crippen LogP contribution in [0.5, 0.6) is 0 Å². The number of ether oxygens (including phenoxy) is 1. The molecule has 5 nitrogen and oxygen atoms in total. The fraction of sp³-hybridized carbons (Fsp3) is 0.692. The average molecular weight is 287 g/mol. The lowest BCUT2D eigenvalue weighted by atomic mass is 9.74. The Labute approximate surface area is 116 Å². The monoisotopic (exact) mass is 287 g/mol. The van der Waals surface area contributed by atoms with Crippen LogP contribution in [0.3, 0.4) is 0 Å². The number of aromatic nitrogens is 2. The van der Waals surface area contributed by atoms with Crippen molar-refractivity contribution in [3.8, 4) is 0 Å². The van der Waals surface area contributed by atoms with E-state index in [9.17, 15) is 13.6 Å². The molecule has 1 fully saturated rings. The molecule has 112 valence electrons. The molecule has 0 unspecified atom stereocenters. The van der Waals surface area contributed by atoms with Gasteiger partial charge in [0.2, 0.25) is 0 Å². The molecule has 20 heavy (non-hydrogen) atoms. The summed E-state index contributed by atoms with van der Waals surface area (Å²) in [5.41, 5.74) is -0.824. The first kappa shape index (κ1) is 14.7. The molecule has 0 aliphatic heterocycles. The highest BCUT2D eigenvalue weighted by molar-refractivity contribution is 5.69. The number of alkyl halides is 2. The fourth-order valence-electron chi connectivity index (χ4n) is 2.18. The molecule has 0 bridgehead atoms. The number of nitrogens with zero attached hydrogens (tertiary/aromatic N) is 2. The Bertz CT molecular complexity index is 490. The summed E-state index contributed by atoms with van der Waals surface area (Å²) in [5.74, 6) is 0. The van der Waals surface area contributed by atoms with Gasteiger partial charge in [-0.2, -0.15) is 13.9 Å². The maximum Gasteiger partial charge on any atom is 0.408 e. The van der Waals surface area contributed by atoms with Gasteiger partial charge in [-0.25, -0.2) is 9.48 Å². The van der Waals surface area contributed by atoms with Crippen molar-refractivity contribution in [1.29, 1.82) is 0 Å². The van der Waals surface area contributed by atoms with Gasteiger partial charge in [0.25, 0.3) is 0 Å². The van der Waals surface area contributed by atoms with E-state index in [-0.39, 0.29) is 0 Å². The van der Waals surface area contributed by atoms with Gasteiger partial charge >= 0.3 is 12.6 Å². The minimum Gasteiger partial charge on any atom is -0.444 e. The maximum atomic E-state index is 12.6. The van der Waals surface area contributed by atoms with Crippen molar-refractivity contribution in [2.45, 2.75) is 57.7 Å². The van der Waals surface area contributed by atoms with E-state index in [1.807, 2.05) is 0 Å². The van der Waals surface area contributed by atoms with Crippen molar-refractivity contribution in [3.63, 3.8) is 0 Å². The molecule has 1 amide bonds. The van der Waals surface area contributed by atoms with Crippen LogP contribution in [0.1, 0.15) is 52.3 Å². The van der Waals surface area contributed by atoms with Crippen LogP contribution in [0.4, 0.5) is 13.6 Å². The van der Waals surface area contributed by atoms with Crippen LogP contribution >= 0.6 is 0 Å². The zero-order valence-corrected chi connectivity index (χ0v) is 11.8. The summed E-state index contributed by atoms with van der Waals surface area (Å²) >= 11 is 0. The van der Waals surface area contributed by atoms with Crippen molar-refractivity contribution < 1.29 is 18.3 Å². The summed E-state index contributed by atoms with van der Waals surface area (Å²) in [5, 5.41) is 6.62. The Kier molecular flexibility index (Phi) is 3.71. The highest BCUT2D eigenvalue weighted by atomic mass is 19.3. The second kappa shape index (κ2) is 5.03. The third-order valence-corrected chi connectivity index (χ3v) is 3.25. The number of alkyl carbamates (subject to hydrolysis) is 1. The SMILES string of the molecule is CC(C)(C)OC(=O)NC1(c2ccn(C(F)F)n2)CCC1. The molecule has 1 aromatic rings. The highest BCUT2D eigenvalue weighted by Gasteiger charge is 2.43. The van der Waals surface area contributed by atoms with E-state index in [2.05, 4.69) is 10.4 Å². The number of hydrogen-bond donors (Lipinski definition) is 1. The van der Waals surface area contributed by atoms with Crippen LogP contribution in [0.15, 0.2) is 12.3 Å². The second-order valence-electron chi connectivity index (χ2n) is 6.02. The molecule has 7 heteroatoms. The summed E-state index contributed by atoms with van der Waals surface area (Å²) in [6, 6.07) is 1.52. The summed E-state index contributed by atoms with van der Waals surface area (Å²) in [4.78, 5) is 11.9. The van der Waals surface area contributed by atoms with E-state index in [0.29, 0.717) is 23.2 Å². The zero-order chi connectivity index (χ0) is 15.0. The summed E-state index contributed by atoms with van der Waals surface area (Å²) in [7, 11) is 0. The molecule has 1 saturated carbocycles. The van der Waals surface area contributed by atoms with Crippen LogP contribution in [0.25, 0.3) is 0 Å². The normalized spacial score (nSPS) is 17.7. The highest BCUT2D eigenvalue weighted by Crippen LogP contribution is 2.40. The number of hydrogen-bond acceptors (Lipinski definition) is 3. The molecule has 1 aliphatic rings. The molecule has 0 aromatic carbocycles. The van der Waals surface area contributed by atoms with Gasteiger partial charge in [-0.3, -0.25) is 0 Å². The molecule has 0 spiro atoms. The predicted molar refractivity (Wildman–Crippen MR) is 68.4 cm³/mol. The van der Waals surface area contributed by atoms with Crippen LogP contribution in [0, 0.1) is 0 Å². The minimum atomic E-state index is -2.68. The Morgan fingerprint density at radius 1 is 1.50 bits per heavy atom. The molecule has 0 saturated heterocycles. The first-order valence-corrected chi connectivity index (χ1v) is 6.57. The van der Waals surface area contributed by atoms with E-state index < -0.39 is 23.8 Å². The molecule has 1 heterocycles. The molecular formula is C13H19F2N3O2. The lowest BCUT2D eigenvalue weighted by Gasteiger charge is -2.41. The van der Waals surface area contributed by atoms with Crippen LogP contribution < -0.4 is 5.32 Å². The van der Waals surface area contributed by atoms with Gasteiger partial charge in [0.05, 0.1) is 11.2 Å². The number of carbonyl (C=O) groups excluding carboxylic acids is 1. The molecule has 1 aliphatic carbocycles. The number of amides is 1. The maximum absolute atomic E-state index is 12.6. The smallest absolute Gasteiger partial charge is 0.408 e. The quantitative estimate of drug-likeness (QED) is 0.929. The van der Waals surface area contributed by atoms with Crippen LogP contribution in [-0.2, 0) is 10.3 Å². The van der Waals surface area contributed by atoms with Gasteiger partial charge in [0, 0.05) is 6.20 Å². The van der Waals surface area contributed by atoms with Crippen LogP contribution in [-0.4, -0.2) is 21.5 Å².